The monoisotopic (exact) mass is 749 g/mol. The minimum atomic E-state index is -0.214. The number of carbonyl (C=O) groups is 2. The van der Waals surface area contributed by atoms with E-state index in [2.05, 4.69) is 172 Å². The first-order valence-electron chi connectivity index (χ1n) is 19.2. The maximum Gasteiger partial charge on any atom is 0.305 e. The van der Waals surface area contributed by atoms with Gasteiger partial charge in [-0.2, -0.15) is 0 Å². The summed E-state index contributed by atoms with van der Waals surface area (Å²) >= 11 is 0. The third-order valence-corrected chi connectivity index (χ3v) is 10.4. The zero-order valence-electron chi connectivity index (χ0n) is 32.0. The SMILES string of the molecule is COC(=O)CCc1ccc(N(c2ccccc2)c2ccc3c(c2)c2cc(N(c4ccccc4)c4ccc(CCC(=O)OC)cc4)ccc2n3-c2ccccc2)cc1. The highest BCUT2D eigenvalue weighted by Crippen LogP contribution is 2.42. The van der Waals surface area contributed by atoms with Crippen LogP contribution in [0.4, 0.5) is 34.1 Å². The Morgan fingerprint density at radius 2 is 0.789 bits per heavy atom. The average molecular weight is 750 g/mol. The number of benzene rings is 7. The third kappa shape index (κ3) is 7.86. The first-order valence-corrected chi connectivity index (χ1v) is 19.2. The van der Waals surface area contributed by atoms with Gasteiger partial charge in [0.05, 0.1) is 25.3 Å². The topological polar surface area (TPSA) is 64.0 Å². The lowest BCUT2D eigenvalue weighted by Crippen LogP contribution is -2.10. The molecule has 0 saturated carbocycles. The van der Waals surface area contributed by atoms with Gasteiger partial charge in [0.2, 0.25) is 0 Å². The summed E-state index contributed by atoms with van der Waals surface area (Å²) in [5.74, 6) is -0.429. The molecule has 8 rings (SSSR count). The smallest absolute Gasteiger partial charge is 0.305 e. The lowest BCUT2D eigenvalue weighted by atomic mass is 10.1. The van der Waals surface area contributed by atoms with E-state index in [0.29, 0.717) is 25.7 Å². The van der Waals surface area contributed by atoms with Crippen LogP contribution in [0, 0.1) is 0 Å². The van der Waals surface area contributed by atoms with Crippen molar-refractivity contribution in [1.82, 2.24) is 4.57 Å². The molecule has 7 heteroatoms. The minimum absolute atomic E-state index is 0.214. The number of esters is 2. The zero-order valence-corrected chi connectivity index (χ0v) is 32.0. The van der Waals surface area contributed by atoms with Crippen molar-refractivity contribution in [3.05, 3.63) is 187 Å². The number of carbonyl (C=O) groups excluding carboxylic acids is 2. The van der Waals surface area contributed by atoms with Crippen molar-refractivity contribution >= 4 is 67.9 Å². The predicted molar refractivity (Wildman–Crippen MR) is 231 cm³/mol. The number of aryl methyl sites for hydroxylation is 2. The van der Waals surface area contributed by atoms with Crippen LogP contribution in [-0.4, -0.2) is 30.7 Å². The van der Waals surface area contributed by atoms with Gasteiger partial charge in [-0.3, -0.25) is 9.59 Å². The third-order valence-electron chi connectivity index (χ3n) is 10.4. The normalized spacial score (nSPS) is 11.1. The van der Waals surface area contributed by atoms with Gasteiger partial charge in [0.15, 0.2) is 0 Å². The fraction of sp³-hybridized carbons (Fsp3) is 0.120. The Hall–Kier alpha value is -7.12. The Labute approximate surface area is 332 Å². The van der Waals surface area contributed by atoms with Crippen molar-refractivity contribution in [3.63, 3.8) is 0 Å². The Morgan fingerprint density at radius 3 is 1.18 bits per heavy atom. The standard InChI is InChI=1S/C50H43N3O4/c1-56-49(54)32-22-36-18-24-41(25-19-36)51(38-12-6-3-7-13-38)43-28-30-47-45(34-43)46-35-44(29-31-48(46)53(47)40-16-10-5-11-17-40)52(39-14-8-4-9-15-39)42-26-20-37(21-27-42)23-33-50(55)57-2/h3-21,24-31,34-35H,22-23,32-33H2,1-2H3. The van der Waals surface area contributed by atoms with Crippen molar-refractivity contribution in [3.8, 4) is 5.69 Å². The van der Waals surface area contributed by atoms with Crippen LogP contribution in [0.1, 0.15) is 24.0 Å². The van der Waals surface area contributed by atoms with Crippen LogP contribution in [0.25, 0.3) is 27.5 Å². The van der Waals surface area contributed by atoms with Gasteiger partial charge in [-0.1, -0.05) is 78.9 Å². The Bertz CT molecular complexity index is 2460. The Kier molecular flexibility index (Phi) is 10.8. The van der Waals surface area contributed by atoms with E-state index in [4.69, 9.17) is 9.47 Å². The molecule has 0 aliphatic rings. The maximum atomic E-state index is 11.8. The molecule has 0 unspecified atom stereocenters. The lowest BCUT2D eigenvalue weighted by molar-refractivity contribution is -0.141. The summed E-state index contributed by atoms with van der Waals surface area (Å²) in [5, 5.41) is 2.24. The highest BCUT2D eigenvalue weighted by atomic mass is 16.5. The van der Waals surface area contributed by atoms with E-state index >= 15 is 0 Å². The number of ether oxygens (including phenoxy) is 2. The molecular formula is C50H43N3O4. The van der Waals surface area contributed by atoms with Crippen molar-refractivity contribution in [2.75, 3.05) is 24.0 Å². The highest BCUT2D eigenvalue weighted by Gasteiger charge is 2.20. The first-order chi connectivity index (χ1) is 28.0. The summed E-state index contributed by atoms with van der Waals surface area (Å²) in [4.78, 5) is 28.2. The summed E-state index contributed by atoms with van der Waals surface area (Å²) in [6.45, 7) is 0. The number of methoxy groups -OCH3 is 2. The van der Waals surface area contributed by atoms with Gasteiger partial charge in [0.1, 0.15) is 0 Å². The maximum absolute atomic E-state index is 11.8. The average Bonchev–Trinajstić information content (AvgIpc) is 3.60. The largest absolute Gasteiger partial charge is 0.469 e. The molecule has 0 bridgehead atoms. The molecule has 0 N–H and O–H groups in total. The van der Waals surface area contributed by atoms with Crippen LogP contribution in [0.2, 0.25) is 0 Å². The molecule has 0 aliphatic heterocycles. The summed E-state index contributed by atoms with van der Waals surface area (Å²) in [6, 6.07) is 61.5. The Balaban J connectivity index is 1.27. The molecule has 57 heavy (non-hydrogen) atoms. The predicted octanol–water partition coefficient (Wildman–Crippen LogP) is 11.9. The van der Waals surface area contributed by atoms with E-state index in [1.807, 2.05) is 18.2 Å². The van der Waals surface area contributed by atoms with Gasteiger partial charge >= 0.3 is 11.9 Å². The van der Waals surface area contributed by atoms with Gasteiger partial charge < -0.3 is 23.8 Å². The molecular weight excluding hydrogens is 707 g/mol. The number of nitrogens with zero attached hydrogens (tertiary/aromatic N) is 3. The van der Waals surface area contributed by atoms with Crippen LogP contribution >= 0.6 is 0 Å². The van der Waals surface area contributed by atoms with Crippen LogP contribution in [0.3, 0.4) is 0 Å². The molecule has 1 heterocycles. The van der Waals surface area contributed by atoms with Gasteiger partial charge in [-0.25, -0.2) is 0 Å². The fourth-order valence-corrected chi connectivity index (χ4v) is 7.50. The van der Waals surface area contributed by atoms with E-state index in [0.717, 1.165) is 72.7 Å². The van der Waals surface area contributed by atoms with Gasteiger partial charge in [-0.05, 0) is 121 Å². The van der Waals surface area contributed by atoms with Crippen molar-refractivity contribution < 1.29 is 19.1 Å². The van der Waals surface area contributed by atoms with E-state index in [1.165, 1.54) is 14.2 Å². The number of rotatable bonds is 13. The zero-order chi connectivity index (χ0) is 39.1. The lowest BCUT2D eigenvalue weighted by Gasteiger charge is -2.26. The second-order valence-corrected chi connectivity index (χ2v) is 13.9. The molecule has 1 aromatic heterocycles. The van der Waals surface area contributed by atoms with Crippen LogP contribution < -0.4 is 9.80 Å². The molecule has 8 aromatic rings. The molecule has 0 amide bonds. The number of hydrogen-bond acceptors (Lipinski definition) is 6. The number of aromatic nitrogens is 1. The van der Waals surface area contributed by atoms with Gasteiger partial charge in [0.25, 0.3) is 0 Å². The number of anilines is 6. The first kappa shape index (κ1) is 36.8. The number of hydrogen-bond donors (Lipinski definition) is 0. The quantitative estimate of drug-likeness (QED) is 0.109. The molecule has 7 nitrogen and oxygen atoms in total. The van der Waals surface area contributed by atoms with Crippen LogP contribution in [0.15, 0.2) is 176 Å². The summed E-state index contributed by atoms with van der Waals surface area (Å²) in [6.07, 6.45) is 1.91. The highest BCUT2D eigenvalue weighted by molar-refractivity contribution is 6.12. The van der Waals surface area contributed by atoms with Crippen LogP contribution in [0.5, 0.6) is 0 Å². The van der Waals surface area contributed by atoms with E-state index in [9.17, 15) is 9.59 Å². The summed E-state index contributed by atoms with van der Waals surface area (Å²) in [5.41, 5.74) is 11.6. The molecule has 0 fully saturated rings. The van der Waals surface area contributed by atoms with Gasteiger partial charge in [-0.15, -0.1) is 0 Å². The summed E-state index contributed by atoms with van der Waals surface area (Å²) < 4.78 is 12.1. The van der Waals surface area contributed by atoms with Crippen molar-refractivity contribution in [2.24, 2.45) is 0 Å². The van der Waals surface area contributed by atoms with Gasteiger partial charge in [0, 0.05) is 63.4 Å². The Morgan fingerprint density at radius 1 is 0.439 bits per heavy atom. The fourth-order valence-electron chi connectivity index (χ4n) is 7.50. The van der Waals surface area contributed by atoms with E-state index in [1.54, 1.807) is 0 Å². The molecule has 0 atom stereocenters. The minimum Gasteiger partial charge on any atom is -0.469 e. The van der Waals surface area contributed by atoms with Crippen LogP contribution in [-0.2, 0) is 31.9 Å². The molecule has 0 aliphatic carbocycles. The molecule has 7 aromatic carbocycles. The molecule has 0 radical (unpaired) electrons. The van der Waals surface area contributed by atoms with Crippen molar-refractivity contribution in [1.29, 1.82) is 0 Å². The number of fused-ring (bicyclic) bond motifs is 3. The van der Waals surface area contributed by atoms with E-state index in [-0.39, 0.29) is 11.9 Å². The second-order valence-electron chi connectivity index (χ2n) is 13.9. The van der Waals surface area contributed by atoms with Crippen molar-refractivity contribution in [2.45, 2.75) is 25.7 Å². The summed E-state index contributed by atoms with van der Waals surface area (Å²) in [7, 11) is 2.85. The molecule has 0 saturated heterocycles. The molecule has 0 spiro atoms. The molecule has 282 valence electrons. The second kappa shape index (κ2) is 16.7. The van der Waals surface area contributed by atoms with E-state index < -0.39 is 0 Å². The number of para-hydroxylation sites is 3.